The molecule has 4 N–H and O–H groups in total. The normalized spacial score (nSPS) is 16.4. The van der Waals surface area contributed by atoms with E-state index in [9.17, 15) is 0 Å². The summed E-state index contributed by atoms with van der Waals surface area (Å²) in [6.45, 7) is 5.69. The van der Waals surface area contributed by atoms with Gasteiger partial charge in [0.05, 0.1) is 6.61 Å². The van der Waals surface area contributed by atoms with Gasteiger partial charge in [-0.1, -0.05) is 13.3 Å². The van der Waals surface area contributed by atoms with Crippen LogP contribution in [-0.4, -0.2) is 30.3 Å². The average Bonchev–Trinajstić information content (AvgIpc) is 1.99. The van der Waals surface area contributed by atoms with Crippen LogP contribution in [-0.2, 0) is 0 Å². The summed E-state index contributed by atoms with van der Waals surface area (Å²) in [5, 5.41) is 12.0. The minimum Gasteiger partial charge on any atom is -0.394 e. The lowest BCUT2D eigenvalue weighted by Crippen LogP contribution is -2.49. The van der Waals surface area contributed by atoms with E-state index < -0.39 is 5.54 Å². The van der Waals surface area contributed by atoms with Crippen molar-refractivity contribution in [1.29, 1.82) is 0 Å². The van der Waals surface area contributed by atoms with Crippen molar-refractivity contribution in [3.8, 4) is 0 Å². The number of aliphatic hydroxyl groups is 1. The van der Waals surface area contributed by atoms with E-state index >= 15 is 0 Å². The molecule has 0 amide bonds. The summed E-state index contributed by atoms with van der Waals surface area (Å²) in [4.78, 5) is 0. The number of aliphatic hydroxyl groups excluding tert-OH is 1. The van der Waals surface area contributed by atoms with Crippen LogP contribution in [0.15, 0.2) is 0 Å². The molecule has 3 heteroatoms. The minimum absolute atomic E-state index is 0.0339. The fourth-order valence-electron chi connectivity index (χ4n) is 0.732. The van der Waals surface area contributed by atoms with Crippen molar-refractivity contribution in [2.24, 2.45) is 5.73 Å². The van der Waals surface area contributed by atoms with Crippen molar-refractivity contribution in [2.75, 3.05) is 19.7 Å². The van der Waals surface area contributed by atoms with Crippen LogP contribution in [0.1, 0.15) is 26.7 Å². The highest BCUT2D eigenvalue weighted by Crippen LogP contribution is 1.94. The third kappa shape index (κ3) is 6.28. The summed E-state index contributed by atoms with van der Waals surface area (Å²) in [5.74, 6) is 0. The van der Waals surface area contributed by atoms with Gasteiger partial charge in [0.15, 0.2) is 0 Å². The molecule has 1 unspecified atom stereocenters. The fourth-order valence-corrected chi connectivity index (χ4v) is 0.732. The molecule has 0 bridgehead atoms. The second-order valence-electron chi connectivity index (χ2n) is 3.34. The second-order valence-corrected chi connectivity index (χ2v) is 3.34. The number of unbranched alkanes of at least 4 members (excludes halogenated alkanes) is 1. The zero-order valence-corrected chi connectivity index (χ0v) is 7.56. The highest BCUT2D eigenvalue weighted by molar-refractivity contribution is 4.79. The SMILES string of the molecule is CCCCNCC(C)(N)CO. The van der Waals surface area contributed by atoms with Gasteiger partial charge in [0.1, 0.15) is 0 Å². The van der Waals surface area contributed by atoms with Crippen LogP contribution in [0.5, 0.6) is 0 Å². The van der Waals surface area contributed by atoms with Gasteiger partial charge in [0.25, 0.3) is 0 Å². The first-order valence-corrected chi connectivity index (χ1v) is 4.23. The Morgan fingerprint density at radius 3 is 2.64 bits per heavy atom. The first-order valence-electron chi connectivity index (χ1n) is 4.23. The number of hydrogen-bond acceptors (Lipinski definition) is 3. The molecule has 0 radical (unpaired) electrons. The van der Waals surface area contributed by atoms with Gasteiger partial charge in [-0.3, -0.25) is 0 Å². The van der Waals surface area contributed by atoms with Crippen LogP contribution in [0.2, 0.25) is 0 Å². The van der Waals surface area contributed by atoms with E-state index in [0.717, 1.165) is 6.54 Å². The molecule has 0 aliphatic carbocycles. The molecule has 0 saturated carbocycles. The van der Waals surface area contributed by atoms with Gasteiger partial charge in [-0.05, 0) is 19.9 Å². The summed E-state index contributed by atoms with van der Waals surface area (Å²) >= 11 is 0. The molecule has 3 nitrogen and oxygen atoms in total. The highest BCUT2D eigenvalue weighted by atomic mass is 16.3. The van der Waals surface area contributed by atoms with Gasteiger partial charge in [-0.2, -0.15) is 0 Å². The third-order valence-electron chi connectivity index (χ3n) is 1.60. The van der Waals surface area contributed by atoms with Crippen LogP contribution >= 0.6 is 0 Å². The highest BCUT2D eigenvalue weighted by Gasteiger charge is 2.15. The Labute approximate surface area is 69.0 Å². The molecule has 68 valence electrons. The maximum absolute atomic E-state index is 8.79. The van der Waals surface area contributed by atoms with Crippen LogP contribution in [0.4, 0.5) is 0 Å². The van der Waals surface area contributed by atoms with E-state index in [1.54, 1.807) is 0 Å². The molecular formula is C8H20N2O. The summed E-state index contributed by atoms with van der Waals surface area (Å²) in [6.07, 6.45) is 2.36. The zero-order chi connectivity index (χ0) is 8.74. The molecule has 0 heterocycles. The number of hydrogen-bond donors (Lipinski definition) is 3. The summed E-state index contributed by atoms with van der Waals surface area (Å²) in [5.41, 5.74) is 5.22. The predicted octanol–water partition coefficient (Wildman–Crippen LogP) is 0.0858. The fraction of sp³-hybridized carbons (Fsp3) is 1.00. The largest absolute Gasteiger partial charge is 0.394 e. The van der Waals surface area contributed by atoms with E-state index in [0.29, 0.717) is 6.54 Å². The molecule has 0 saturated heterocycles. The van der Waals surface area contributed by atoms with Gasteiger partial charge in [0.2, 0.25) is 0 Å². The molecule has 0 aromatic heterocycles. The molecule has 0 spiro atoms. The predicted molar refractivity (Wildman–Crippen MR) is 47.5 cm³/mol. The molecule has 1 atom stereocenters. The van der Waals surface area contributed by atoms with Crippen LogP contribution in [0.25, 0.3) is 0 Å². The topological polar surface area (TPSA) is 58.3 Å². The Bertz CT molecular complexity index is 94.1. The molecule has 0 aliphatic heterocycles. The lowest BCUT2D eigenvalue weighted by molar-refractivity contribution is 0.205. The summed E-state index contributed by atoms with van der Waals surface area (Å²) < 4.78 is 0. The molecule has 0 rings (SSSR count). The van der Waals surface area contributed by atoms with Crippen molar-refractivity contribution in [3.05, 3.63) is 0 Å². The molecule has 0 aromatic carbocycles. The molecule has 0 fully saturated rings. The van der Waals surface area contributed by atoms with Crippen LogP contribution in [0.3, 0.4) is 0 Å². The third-order valence-corrected chi connectivity index (χ3v) is 1.60. The maximum Gasteiger partial charge on any atom is 0.0620 e. The van der Waals surface area contributed by atoms with Gasteiger partial charge in [-0.25, -0.2) is 0 Å². The number of rotatable bonds is 6. The van der Waals surface area contributed by atoms with Gasteiger partial charge in [-0.15, -0.1) is 0 Å². The minimum atomic E-state index is -0.465. The number of nitrogens with two attached hydrogens (primary N) is 1. The Morgan fingerprint density at radius 2 is 2.18 bits per heavy atom. The van der Waals surface area contributed by atoms with E-state index in [1.165, 1.54) is 12.8 Å². The second kappa shape index (κ2) is 5.52. The molecule has 0 aromatic rings. The Kier molecular flexibility index (Phi) is 5.46. The Morgan fingerprint density at radius 1 is 1.55 bits per heavy atom. The first-order chi connectivity index (χ1) is 5.12. The number of nitrogens with one attached hydrogen (secondary N) is 1. The van der Waals surface area contributed by atoms with Gasteiger partial charge in [0, 0.05) is 12.1 Å². The van der Waals surface area contributed by atoms with Crippen molar-refractivity contribution < 1.29 is 5.11 Å². The lowest BCUT2D eigenvalue weighted by atomic mass is 10.1. The van der Waals surface area contributed by atoms with Crippen molar-refractivity contribution in [3.63, 3.8) is 0 Å². The van der Waals surface area contributed by atoms with Crippen molar-refractivity contribution in [1.82, 2.24) is 5.32 Å². The quantitative estimate of drug-likeness (QED) is 0.482. The van der Waals surface area contributed by atoms with Gasteiger partial charge < -0.3 is 16.2 Å². The van der Waals surface area contributed by atoms with Crippen LogP contribution in [0, 0.1) is 0 Å². The monoisotopic (exact) mass is 160 g/mol. The van der Waals surface area contributed by atoms with Crippen molar-refractivity contribution >= 4 is 0 Å². The Balaban J connectivity index is 3.23. The van der Waals surface area contributed by atoms with E-state index in [4.69, 9.17) is 10.8 Å². The molecular weight excluding hydrogens is 140 g/mol. The average molecular weight is 160 g/mol. The zero-order valence-electron chi connectivity index (χ0n) is 7.56. The molecule has 11 heavy (non-hydrogen) atoms. The smallest absolute Gasteiger partial charge is 0.0620 e. The van der Waals surface area contributed by atoms with E-state index in [1.807, 2.05) is 6.92 Å². The molecule has 0 aliphatic rings. The first kappa shape index (κ1) is 10.9. The standard InChI is InChI=1S/C8H20N2O/c1-3-4-5-10-6-8(2,9)7-11/h10-11H,3-7,9H2,1-2H3. The summed E-state index contributed by atoms with van der Waals surface area (Å²) in [6, 6.07) is 0. The Hall–Kier alpha value is -0.120. The van der Waals surface area contributed by atoms with E-state index in [-0.39, 0.29) is 6.61 Å². The van der Waals surface area contributed by atoms with Crippen LogP contribution < -0.4 is 11.1 Å². The van der Waals surface area contributed by atoms with E-state index in [2.05, 4.69) is 12.2 Å². The summed E-state index contributed by atoms with van der Waals surface area (Å²) in [7, 11) is 0. The van der Waals surface area contributed by atoms with Gasteiger partial charge >= 0.3 is 0 Å². The van der Waals surface area contributed by atoms with Crippen molar-refractivity contribution in [2.45, 2.75) is 32.2 Å². The maximum atomic E-state index is 8.79. The lowest BCUT2D eigenvalue weighted by Gasteiger charge is -2.21.